The van der Waals surface area contributed by atoms with Gasteiger partial charge in [0.05, 0.1) is 9.26 Å². The van der Waals surface area contributed by atoms with E-state index in [2.05, 4.69) is 21.2 Å². The van der Waals surface area contributed by atoms with Crippen LogP contribution in [0.15, 0.2) is 34.8 Å². The Bertz CT molecular complexity index is 603. The maximum atomic E-state index is 10.8. The summed E-state index contributed by atoms with van der Waals surface area (Å²) in [7, 11) is 0. The van der Waals surface area contributed by atoms with E-state index < -0.39 is 4.92 Å². The fourth-order valence-corrected chi connectivity index (χ4v) is 3.20. The van der Waals surface area contributed by atoms with Crippen LogP contribution in [0.25, 0.3) is 0 Å². The van der Waals surface area contributed by atoms with Crippen molar-refractivity contribution >= 4 is 44.6 Å². The van der Waals surface area contributed by atoms with E-state index in [0.29, 0.717) is 17.6 Å². The van der Waals surface area contributed by atoms with Crippen LogP contribution in [0, 0.1) is 10.1 Å². The molecule has 0 aliphatic rings. The predicted molar refractivity (Wildman–Crippen MR) is 80.7 cm³/mol. The SMILES string of the molecule is O=[N+]([O-])c1cc(Br)cc(CNCc2ccc(Cl)s2)c1. The summed E-state index contributed by atoms with van der Waals surface area (Å²) in [6.45, 7) is 1.26. The zero-order valence-electron chi connectivity index (χ0n) is 9.73. The molecule has 0 atom stereocenters. The molecule has 1 heterocycles. The number of benzene rings is 1. The molecule has 0 saturated heterocycles. The Morgan fingerprint density at radius 2 is 2.11 bits per heavy atom. The van der Waals surface area contributed by atoms with Crippen molar-refractivity contribution < 1.29 is 4.92 Å². The summed E-state index contributed by atoms with van der Waals surface area (Å²) in [5.74, 6) is 0. The van der Waals surface area contributed by atoms with Crippen LogP contribution in [0.1, 0.15) is 10.4 Å². The average Bonchev–Trinajstić information content (AvgIpc) is 2.74. The van der Waals surface area contributed by atoms with Gasteiger partial charge < -0.3 is 5.32 Å². The maximum absolute atomic E-state index is 10.8. The number of nitro groups is 1. The number of hydrogen-bond acceptors (Lipinski definition) is 4. The first-order valence-corrected chi connectivity index (χ1v) is 7.42. The van der Waals surface area contributed by atoms with E-state index in [0.717, 1.165) is 14.8 Å². The van der Waals surface area contributed by atoms with Gasteiger partial charge in [0.2, 0.25) is 0 Å². The third kappa shape index (κ3) is 4.28. The molecule has 2 rings (SSSR count). The largest absolute Gasteiger partial charge is 0.308 e. The Morgan fingerprint density at radius 3 is 2.74 bits per heavy atom. The quantitative estimate of drug-likeness (QED) is 0.636. The average molecular weight is 362 g/mol. The van der Waals surface area contributed by atoms with Gasteiger partial charge in [0.25, 0.3) is 5.69 Å². The molecule has 100 valence electrons. The normalized spacial score (nSPS) is 10.6. The van der Waals surface area contributed by atoms with E-state index in [-0.39, 0.29) is 5.69 Å². The summed E-state index contributed by atoms with van der Waals surface area (Å²) in [5, 5.41) is 14.0. The molecule has 7 heteroatoms. The number of nitrogens with one attached hydrogen (secondary N) is 1. The number of nitrogens with zero attached hydrogens (tertiary/aromatic N) is 1. The van der Waals surface area contributed by atoms with Crippen molar-refractivity contribution in [3.05, 3.63) is 59.7 Å². The standard InChI is InChI=1S/C12H10BrClN2O2S/c13-9-3-8(4-10(5-9)16(17)18)6-15-7-11-1-2-12(14)19-11/h1-5,15H,6-7H2. The smallest absolute Gasteiger partial charge is 0.270 e. The summed E-state index contributed by atoms with van der Waals surface area (Å²) >= 11 is 10.6. The second-order valence-electron chi connectivity index (χ2n) is 3.88. The molecule has 0 fully saturated rings. The highest BCUT2D eigenvalue weighted by molar-refractivity contribution is 9.10. The van der Waals surface area contributed by atoms with Gasteiger partial charge in [-0.25, -0.2) is 0 Å². The second kappa shape index (κ2) is 6.47. The highest BCUT2D eigenvalue weighted by atomic mass is 79.9. The van der Waals surface area contributed by atoms with Gasteiger partial charge in [0.15, 0.2) is 0 Å². The zero-order chi connectivity index (χ0) is 13.8. The number of thiophene rings is 1. The molecule has 0 bridgehead atoms. The number of non-ortho nitro benzene ring substituents is 1. The summed E-state index contributed by atoms with van der Waals surface area (Å²) in [6.07, 6.45) is 0. The van der Waals surface area contributed by atoms with E-state index in [9.17, 15) is 10.1 Å². The molecule has 0 aliphatic heterocycles. The highest BCUT2D eigenvalue weighted by Gasteiger charge is 2.08. The van der Waals surface area contributed by atoms with Crippen molar-refractivity contribution in [1.82, 2.24) is 5.32 Å². The van der Waals surface area contributed by atoms with Gasteiger partial charge in [0, 0.05) is 34.6 Å². The van der Waals surface area contributed by atoms with Crippen LogP contribution < -0.4 is 5.32 Å². The van der Waals surface area contributed by atoms with Gasteiger partial charge >= 0.3 is 0 Å². The third-order valence-corrected chi connectivity index (χ3v) is 4.10. The lowest BCUT2D eigenvalue weighted by Crippen LogP contribution is -2.11. The van der Waals surface area contributed by atoms with Crippen molar-refractivity contribution in [2.24, 2.45) is 0 Å². The first-order valence-electron chi connectivity index (χ1n) is 5.43. The fraction of sp³-hybridized carbons (Fsp3) is 0.167. The minimum Gasteiger partial charge on any atom is -0.308 e. The Morgan fingerprint density at radius 1 is 1.32 bits per heavy atom. The molecule has 0 spiro atoms. The number of hydrogen-bond donors (Lipinski definition) is 1. The minimum atomic E-state index is -0.396. The molecule has 0 unspecified atom stereocenters. The van der Waals surface area contributed by atoms with Gasteiger partial charge in [-0.05, 0) is 23.8 Å². The van der Waals surface area contributed by atoms with Gasteiger partial charge in [0.1, 0.15) is 0 Å². The lowest BCUT2D eigenvalue weighted by atomic mass is 10.2. The summed E-state index contributed by atoms with van der Waals surface area (Å²) in [4.78, 5) is 11.5. The van der Waals surface area contributed by atoms with Crippen molar-refractivity contribution in [3.8, 4) is 0 Å². The number of rotatable bonds is 5. The van der Waals surface area contributed by atoms with Crippen LogP contribution in [0.5, 0.6) is 0 Å². The molecular weight excluding hydrogens is 352 g/mol. The Balaban J connectivity index is 1.97. The van der Waals surface area contributed by atoms with E-state index in [4.69, 9.17) is 11.6 Å². The van der Waals surface area contributed by atoms with Crippen molar-refractivity contribution in [3.63, 3.8) is 0 Å². The maximum Gasteiger partial charge on any atom is 0.270 e. The van der Waals surface area contributed by atoms with E-state index >= 15 is 0 Å². The van der Waals surface area contributed by atoms with Gasteiger partial charge in [-0.3, -0.25) is 10.1 Å². The highest BCUT2D eigenvalue weighted by Crippen LogP contribution is 2.23. The fourth-order valence-electron chi connectivity index (χ4n) is 1.62. The summed E-state index contributed by atoms with van der Waals surface area (Å²) in [5.41, 5.74) is 0.953. The van der Waals surface area contributed by atoms with Crippen molar-refractivity contribution in [2.45, 2.75) is 13.1 Å². The van der Waals surface area contributed by atoms with E-state index in [1.807, 2.05) is 18.2 Å². The van der Waals surface area contributed by atoms with Crippen LogP contribution in [-0.4, -0.2) is 4.92 Å². The molecule has 0 amide bonds. The molecule has 1 aromatic carbocycles. The lowest BCUT2D eigenvalue weighted by molar-refractivity contribution is -0.385. The third-order valence-electron chi connectivity index (χ3n) is 2.41. The Hall–Kier alpha value is -0.950. The molecular formula is C12H10BrClN2O2S. The molecule has 1 N–H and O–H groups in total. The summed E-state index contributed by atoms with van der Waals surface area (Å²) < 4.78 is 1.47. The molecule has 1 aromatic heterocycles. The Labute approximate surface area is 127 Å². The molecule has 4 nitrogen and oxygen atoms in total. The minimum absolute atomic E-state index is 0.0883. The molecule has 19 heavy (non-hydrogen) atoms. The molecule has 0 aliphatic carbocycles. The lowest BCUT2D eigenvalue weighted by Gasteiger charge is -2.04. The van der Waals surface area contributed by atoms with Crippen LogP contribution in [0.2, 0.25) is 4.34 Å². The van der Waals surface area contributed by atoms with Crippen LogP contribution in [-0.2, 0) is 13.1 Å². The Kier molecular flexibility index (Phi) is 4.93. The topological polar surface area (TPSA) is 55.2 Å². The second-order valence-corrected chi connectivity index (χ2v) is 6.60. The molecule has 0 saturated carbocycles. The number of halogens is 2. The molecule has 0 radical (unpaired) electrons. The van der Waals surface area contributed by atoms with Crippen LogP contribution >= 0.6 is 38.9 Å². The molecule has 2 aromatic rings. The van der Waals surface area contributed by atoms with Gasteiger partial charge in [-0.2, -0.15) is 0 Å². The number of nitro benzene ring substituents is 1. The van der Waals surface area contributed by atoms with Crippen LogP contribution in [0.3, 0.4) is 0 Å². The first-order chi connectivity index (χ1) is 9.04. The van der Waals surface area contributed by atoms with Crippen molar-refractivity contribution in [2.75, 3.05) is 0 Å². The van der Waals surface area contributed by atoms with Gasteiger partial charge in [-0.1, -0.05) is 27.5 Å². The monoisotopic (exact) mass is 360 g/mol. The van der Waals surface area contributed by atoms with Gasteiger partial charge in [-0.15, -0.1) is 11.3 Å². The van der Waals surface area contributed by atoms with E-state index in [1.54, 1.807) is 6.07 Å². The zero-order valence-corrected chi connectivity index (χ0v) is 12.9. The first kappa shape index (κ1) is 14.5. The van der Waals surface area contributed by atoms with Crippen LogP contribution in [0.4, 0.5) is 5.69 Å². The van der Waals surface area contributed by atoms with E-state index in [1.165, 1.54) is 17.4 Å². The summed E-state index contributed by atoms with van der Waals surface area (Å²) in [6, 6.07) is 8.74. The van der Waals surface area contributed by atoms with Crippen molar-refractivity contribution in [1.29, 1.82) is 0 Å². The predicted octanol–water partition coefficient (Wildman–Crippen LogP) is 4.36.